The zero-order valence-corrected chi connectivity index (χ0v) is 14.6. The number of aryl methyl sites for hydroxylation is 1. The van der Waals surface area contributed by atoms with Gasteiger partial charge in [0, 0.05) is 19.3 Å². The Kier molecular flexibility index (Phi) is 5.91. The first-order chi connectivity index (χ1) is 12.6. The summed E-state index contributed by atoms with van der Waals surface area (Å²) in [5.41, 5.74) is 0. The molecule has 0 fully saturated rings. The smallest absolute Gasteiger partial charge is 0.286 e. The Hall–Kier alpha value is -2.80. The van der Waals surface area contributed by atoms with Crippen LogP contribution < -0.4 is 10.1 Å². The van der Waals surface area contributed by atoms with Crippen molar-refractivity contribution in [3.05, 3.63) is 71.2 Å². The predicted octanol–water partition coefficient (Wildman–Crippen LogP) is 3.67. The molecule has 2 heterocycles. The number of hydrogen-bond donors (Lipinski definition) is 1. The van der Waals surface area contributed by atoms with Crippen LogP contribution in [-0.2, 0) is 13.2 Å². The summed E-state index contributed by atoms with van der Waals surface area (Å²) in [5.74, 6) is 0.615. The van der Waals surface area contributed by atoms with Crippen LogP contribution in [0.2, 0.25) is 5.02 Å². The molecule has 0 saturated heterocycles. The molecule has 1 aromatic carbocycles. The maximum Gasteiger partial charge on any atom is 0.286 e. The Bertz CT molecular complexity index is 861. The zero-order chi connectivity index (χ0) is 18.4. The number of aromatic nitrogens is 2. The first-order valence-electron chi connectivity index (χ1n) is 8.03. The van der Waals surface area contributed by atoms with Gasteiger partial charge in [-0.3, -0.25) is 9.48 Å². The van der Waals surface area contributed by atoms with E-state index >= 15 is 0 Å². The highest BCUT2D eigenvalue weighted by atomic mass is 35.5. The van der Waals surface area contributed by atoms with Crippen molar-refractivity contribution in [3.63, 3.8) is 0 Å². The van der Waals surface area contributed by atoms with Crippen molar-refractivity contribution in [1.29, 1.82) is 0 Å². The van der Waals surface area contributed by atoms with E-state index in [1.807, 2.05) is 0 Å². The van der Waals surface area contributed by atoms with Gasteiger partial charge < -0.3 is 14.5 Å². The van der Waals surface area contributed by atoms with Gasteiger partial charge in [0.05, 0.1) is 11.2 Å². The molecule has 26 heavy (non-hydrogen) atoms. The second kappa shape index (κ2) is 8.53. The number of hydrogen-bond acceptors (Lipinski definition) is 4. The van der Waals surface area contributed by atoms with E-state index < -0.39 is 0 Å². The van der Waals surface area contributed by atoms with Gasteiger partial charge in [0.2, 0.25) is 0 Å². The predicted molar refractivity (Wildman–Crippen MR) is 93.6 cm³/mol. The molecule has 0 saturated carbocycles. The minimum Gasteiger partial charge on any atom is -0.486 e. The number of ether oxygens (including phenoxy) is 1. The molecule has 0 aliphatic heterocycles. The molecule has 8 heteroatoms. The van der Waals surface area contributed by atoms with Crippen LogP contribution >= 0.6 is 11.6 Å². The average Bonchev–Trinajstić information content (AvgIpc) is 3.27. The monoisotopic (exact) mass is 377 g/mol. The molecule has 2 aromatic heterocycles. The summed E-state index contributed by atoms with van der Waals surface area (Å²) in [6.45, 7) is 1.29. The van der Waals surface area contributed by atoms with Crippen LogP contribution in [0.25, 0.3) is 0 Å². The van der Waals surface area contributed by atoms with Gasteiger partial charge in [-0.2, -0.15) is 5.10 Å². The van der Waals surface area contributed by atoms with Gasteiger partial charge in [-0.1, -0.05) is 11.6 Å². The van der Waals surface area contributed by atoms with E-state index in [-0.39, 0.29) is 24.1 Å². The Morgan fingerprint density at radius 3 is 2.81 bits per heavy atom. The van der Waals surface area contributed by atoms with Crippen LogP contribution in [0.5, 0.6) is 5.75 Å². The molecular weight excluding hydrogens is 361 g/mol. The molecule has 0 atom stereocenters. The van der Waals surface area contributed by atoms with E-state index in [0.29, 0.717) is 36.0 Å². The molecule has 0 aliphatic rings. The van der Waals surface area contributed by atoms with Crippen LogP contribution in [0.1, 0.15) is 22.7 Å². The Morgan fingerprint density at radius 2 is 2.08 bits per heavy atom. The third kappa shape index (κ3) is 5.10. The molecule has 3 aromatic rings. The lowest BCUT2D eigenvalue weighted by Gasteiger charge is -2.05. The van der Waals surface area contributed by atoms with E-state index in [9.17, 15) is 9.18 Å². The largest absolute Gasteiger partial charge is 0.486 e. The summed E-state index contributed by atoms with van der Waals surface area (Å²) in [4.78, 5) is 12.1. The van der Waals surface area contributed by atoms with Crippen molar-refractivity contribution in [3.8, 4) is 5.75 Å². The second-order valence-electron chi connectivity index (χ2n) is 5.54. The zero-order valence-electron chi connectivity index (χ0n) is 13.8. The van der Waals surface area contributed by atoms with E-state index in [2.05, 4.69) is 10.4 Å². The quantitative estimate of drug-likeness (QED) is 0.608. The first-order valence-corrected chi connectivity index (χ1v) is 8.41. The van der Waals surface area contributed by atoms with E-state index in [0.717, 1.165) is 0 Å². The van der Waals surface area contributed by atoms with Gasteiger partial charge in [-0.25, -0.2) is 4.39 Å². The third-order valence-corrected chi connectivity index (χ3v) is 3.73. The highest BCUT2D eigenvalue weighted by molar-refractivity contribution is 6.30. The molecule has 1 N–H and O–H groups in total. The minimum absolute atomic E-state index is 0.152. The number of carbonyl (C=O) groups excluding carboxylic acids is 1. The number of furan rings is 1. The molecule has 0 spiro atoms. The highest BCUT2D eigenvalue weighted by Crippen LogP contribution is 2.15. The van der Waals surface area contributed by atoms with Crippen LogP contribution in [0.15, 0.2) is 53.2 Å². The molecule has 136 valence electrons. The Labute approximate surface area is 154 Å². The van der Waals surface area contributed by atoms with Crippen molar-refractivity contribution in [1.82, 2.24) is 15.1 Å². The Morgan fingerprint density at radius 1 is 1.27 bits per heavy atom. The summed E-state index contributed by atoms with van der Waals surface area (Å²) in [6, 6.07) is 8.94. The van der Waals surface area contributed by atoms with E-state index in [1.165, 1.54) is 24.3 Å². The number of nitrogens with one attached hydrogen (secondary N) is 1. The molecule has 3 rings (SSSR count). The fourth-order valence-corrected chi connectivity index (χ4v) is 2.41. The lowest BCUT2D eigenvalue weighted by molar-refractivity contribution is 0.0921. The van der Waals surface area contributed by atoms with Gasteiger partial charge in [-0.05, 0) is 42.8 Å². The van der Waals surface area contributed by atoms with Crippen LogP contribution in [-0.4, -0.2) is 22.2 Å². The number of benzene rings is 1. The number of nitrogens with zero attached hydrogens (tertiary/aromatic N) is 2. The number of rotatable bonds is 8. The SMILES string of the molecule is O=C(NCCCn1cc(Cl)cn1)c1ccc(COc2ccc(F)cc2)o1. The average molecular weight is 378 g/mol. The summed E-state index contributed by atoms with van der Waals surface area (Å²) >= 11 is 5.79. The first kappa shape index (κ1) is 18.0. The minimum atomic E-state index is -0.329. The van der Waals surface area contributed by atoms with Crippen LogP contribution in [0, 0.1) is 5.82 Å². The van der Waals surface area contributed by atoms with Gasteiger partial charge in [-0.15, -0.1) is 0 Å². The standard InChI is InChI=1S/C18H17ClFN3O3/c19-13-10-22-23(11-13)9-1-8-21-18(24)17-7-6-16(26-17)12-25-15-4-2-14(20)3-5-15/h2-7,10-11H,1,8-9,12H2,(H,21,24). The third-order valence-electron chi connectivity index (χ3n) is 3.53. The molecule has 1 amide bonds. The molecule has 0 radical (unpaired) electrons. The van der Waals surface area contributed by atoms with Gasteiger partial charge in [0.1, 0.15) is 23.9 Å². The van der Waals surface area contributed by atoms with Crippen molar-refractivity contribution in [2.75, 3.05) is 6.54 Å². The number of halogens is 2. The normalized spacial score (nSPS) is 10.7. The van der Waals surface area contributed by atoms with Gasteiger partial charge in [0.15, 0.2) is 5.76 Å². The second-order valence-corrected chi connectivity index (χ2v) is 5.98. The highest BCUT2D eigenvalue weighted by Gasteiger charge is 2.11. The number of carbonyl (C=O) groups is 1. The van der Waals surface area contributed by atoms with Crippen LogP contribution in [0.3, 0.4) is 0 Å². The molecule has 6 nitrogen and oxygen atoms in total. The fourth-order valence-electron chi connectivity index (χ4n) is 2.25. The van der Waals surface area contributed by atoms with E-state index in [1.54, 1.807) is 29.2 Å². The van der Waals surface area contributed by atoms with Crippen molar-refractivity contribution in [2.24, 2.45) is 0 Å². The lowest BCUT2D eigenvalue weighted by Crippen LogP contribution is -2.24. The summed E-state index contributed by atoms with van der Waals surface area (Å²) in [5, 5.41) is 7.43. The molecular formula is C18H17ClFN3O3. The van der Waals surface area contributed by atoms with Crippen molar-refractivity contribution in [2.45, 2.75) is 19.6 Å². The van der Waals surface area contributed by atoms with Gasteiger partial charge in [0.25, 0.3) is 5.91 Å². The fraction of sp³-hybridized carbons (Fsp3) is 0.222. The lowest BCUT2D eigenvalue weighted by atomic mass is 10.3. The summed E-state index contributed by atoms with van der Waals surface area (Å²) < 4.78 is 25.5. The Balaban J connectivity index is 1.41. The summed E-state index contributed by atoms with van der Waals surface area (Å²) in [6.07, 6.45) is 4.01. The maximum absolute atomic E-state index is 12.8. The number of amides is 1. The van der Waals surface area contributed by atoms with Crippen molar-refractivity contribution >= 4 is 17.5 Å². The van der Waals surface area contributed by atoms with Crippen LogP contribution in [0.4, 0.5) is 4.39 Å². The van der Waals surface area contributed by atoms with Gasteiger partial charge >= 0.3 is 0 Å². The molecule has 0 unspecified atom stereocenters. The maximum atomic E-state index is 12.8. The van der Waals surface area contributed by atoms with E-state index in [4.69, 9.17) is 20.8 Å². The summed E-state index contributed by atoms with van der Waals surface area (Å²) in [7, 11) is 0. The molecule has 0 aliphatic carbocycles. The molecule has 0 bridgehead atoms. The van der Waals surface area contributed by atoms with Crippen molar-refractivity contribution < 1.29 is 18.3 Å². The topological polar surface area (TPSA) is 69.3 Å².